The van der Waals surface area contributed by atoms with E-state index in [1.165, 1.54) is 12.1 Å². The molecule has 0 atom stereocenters. The van der Waals surface area contributed by atoms with Gasteiger partial charge in [-0.2, -0.15) is 0 Å². The molecule has 0 amide bonds. The smallest absolute Gasteiger partial charge is 0.150 e. The zero-order valence-corrected chi connectivity index (χ0v) is 17.8. The van der Waals surface area contributed by atoms with Gasteiger partial charge in [-0.05, 0) is 34.9 Å². The predicted molar refractivity (Wildman–Crippen MR) is 128 cm³/mol. The fraction of sp³-hybridized carbons (Fsp3) is 0.0345. The molecule has 0 saturated heterocycles. The van der Waals surface area contributed by atoms with Crippen molar-refractivity contribution in [3.05, 3.63) is 150 Å². The van der Waals surface area contributed by atoms with Gasteiger partial charge in [0, 0.05) is 17.3 Å². The second-order valence-corrected chi connectivity index (χ2v) is 7.82. The third-order valence-electron chi connectivity index (χ3n) is 5.96. The highest BCUT2D eigenvalue weighted by molar-refractivity contribution is 5.86. The predicted octanol–water partition coefficient (Wildman–Crippen LogP) is 6.34. The summed E-state index contributed by atoms with van der Waals surface area (Å²) in [5, 5.41) is 0. The molecule has 0 saturated carbocycles. The molecule has 1 aromatic heterocycles. The lowest BCUT2D eigenvalue weighted by Crippen LogP contribution is -2.36. The van der Waals surface area contributed by atoms with Gasteiger partial charge in [0.15, 0.2) is 6.29 Å². The normalized spacial score (nSPS) is 11.3. The molecule has 4 heteroatoms. The number of hydrogen-bond acceptors (Lipinski definition) is 2. The zero-order valence-electron chi connectivity index (χ0n) is 17.8. The fourth-order valence-electron chi connectivity index (χ4n) is 4.49. The van der Waals surface area contributed by atoms with Gasteiger partial charge in [0.25, 0.3) is 0 Å². The van der Waals surface area contributed by atoms with Crippen LogP contribution < -0.4 is 0 Å². The van der Waals surface area contributed by atoms with Crippen LogP contribution in [-0.4, -0.2) is 15.8 Å². The summed E-state index contributed by atoms with van der Waals surface area (Å²) >= 11 is 0. The van der Waals surface area contributed by atoms with E-state index in [9.17, 15) is 9.18 Å². The molecular formula is C29H21FN2O. The van der Waals surface area contributed by atoms with Crippen molar-refractivity contribution in [3.8, 4) is 11.3 Å². The SMILES string of the molecule is O=Cc1cc(F)ccc1-c1cn(C(c2ccccc2)(c2ccccc2)c2ccccc2)cn1. The summed E-state index contributed by atoms with van der Waals surface area (Å²) in [6.07, 6.45) is 4.36. The number of nitrogens with zero attached hydrogens (tertiary/aromatic N) is 2. The molecule has 0 unspecified atom stereocenters. The van der Waals surface area contributed by atoms with Crippen molar-refractivity contribution in [2.45, 2.75) is 5.54 Å². The highest BCUT2D eigenvalue weighted by Crippen LogP contribution is 2.41. The van der Waals surface area contributed by atoms with Gasteiger partial charge in [-0.25, -0.2) is 9.37 Å². The highest BCUT2D eigenvalue weighted by Gasteiger charge is 2.38. The summed E-state index contributed by atoms with van der Waals surface area (Å²) in [5.74, 6) is -0.451. The summed E-state index contributed by atoms with van der Waals surface area (Å²) in [4.78, 5) is 16.3. The maximum atomic E-state index is 13.7. The Morgan fingerprint density at radius 3 is 1.73 bits per heavy atom. The summed E-state index contributed by atoms with van der Waals surface area (Å²) in [6.45, 7) is 0. The number of carbonyl (C=O) groups is 1. The van der Waals surface area contributed by atoms with Gasteiger partial charge >= 0.3 is 0 Å². The number of rotatable bonds is 6. The Morgan fingerprint density at radius 1 is 0.727 bits per heavy atom. The number of aromatic nitrogens is 2. The molecule has 0 spiro atoms. The average Bonchev–Trinajstić information content (AvgIpc) is 3.36. The van der Waals surface area contributed by atoms with Crippen LogP contribution >= 0.6 is 0 Å². The summed E-state index contributed by atoms with van der Waals surface area (Å²) in [6, 6.07) is 35.0. The number of carbonyl (C=O) groups excluding carboxylic acids is 1. The molecule has 0 N–H and O–H groups in total. The Balaban J connectivity index is 1.81. The van der Waals surface area contributed by atoms with Gasteiger partial charge in [0.1, 0.15) is 11.4 Å². The largest absolute Gasteiger partial charge is 0.318 e. The van der Waals surface area contributed by atoms with Gasteiger partial charge in [-0.3, -0.25) is 4.79 Å². The van der Waals surface area contributed by atoms with Crippen LogP contribution in [0.1, 0.15) is 27.0 Å². The van der Waals surface area contributed by atoms with Crippen molar-refractivity contribution in [1.29, 1.82) is 0 Å². The van der Waals surface area contributed by atoms with Crippen molar-refractivity contribution in [2.75, 3.05) is 0 Å². The Morgan fingerprint density at radius 2 is 1.24 bits per heavy atom. The molecule has 0 bridgehead atoms. The zero-order chi connectivity index (χ0) is 22.7. The first-order valence-corrected chi connectivity index (χ1v) is 10.7. The van der Waals surface area contributed by atoms with Crippen molar-refractivity contribution < 1.29 is 9.18 Å². The number of imidazole rings is 1. The van der Waals surface area contributed by atoms with Gasteiger partial charge in [-0.15, -0.1) is 0 Å². The lowest BCUT2D eigenvalue weighted by atomic mass is 9.77. The highest BCUT2D eigenvalue weighted by atomic mass is 19.1. The fourth-order valence-corrected chi connectivity index (χ4v) is 4.49. The van der Waals surface area contributed by atoms with Crippen LogP contribution in [0.2, 0.25) is 0 Å². The third kappa shape index (κ3) is 3.56. The molecule has 0 aliphatic rings. The van der Waals surface area contributed by atoms with Crippen molar-refractivity contribution >= 4 is 6.29 Å². The maximum absolute atomic E-state index is 13.7. The number of hydrogen-bond donors (Lipinski definition) is 0. The first kappa shape index (κ1) is 20.6. The number of aldehydes is 1. The van der Waals surface area contributed by atoms with Crippen molar-refractivity contribution in [2.24, 2.45) is 0 Å². The Hall–Kier alpha value is -4.31. The van der Waals surface area contributed by atoms with E-state index in [0.29, 0.717) is 17.5 Å². The third-order valence-corrected chi connectivity index (χ3v) is 5.96. The minimum Gasteiger partial charge on any atom is -0.318 e. The van der Waals surface area contributed by atoms with Crippen molar-refractivity contribution in [1.82, 2.24) is 9.55 Å². The lowest BCUT2D eigenvalue weighted by molar-refractivity contribution is 0.112. The summed E-state index contributed by atoms with van der Waals surface area (Å²) in [7, 11) is 0. The molecule has 3 nitrogen and oxygen atoms in total. The molecular weight excluding hydrogens is 411 g/mol. The van der Waals surface area contributed by atoms with E-state index in [0.717, 1.165) is 16.7 Å². The monoisotopic (exact) mass is 432 g/mol. The summed E-state index contributed by atoms with van der Waals surface area (Å²) in [5.41, 5.74) is 3.97. The Bertz CT molecular complexity index is 1280. The first-order valence-electron chi connectivity index (χ1n) is 10.7. The molecule has 0 aliphatic carbocycles. The second-order valence-electron chi connectivity index (χ2n) is 7.82. The van der Waals surface area contributed by atoms with E-state index in [4.69, 9.17) is 0 Å². The molecule has 160 valence electrons. The second kappa shape index (κ2) is 8.67. The standard InChI is InChI=1S/C29H21FN2O/c30-26-16-17-27(22(18-26)20-33)28-19-32(21-31-28)29(23-10-4-1-5-11-23,24-12-6-2-7-13-24)25-14-8-3-9-15-25/h1-21H. The lowest BCUT2D eigenvalue weighted by Gasteiger charge is -2.37. The molecule has 4 aromatic carbocycles. The molecule has 0 radical (unpaired) electrons. The molecule has 5 rings (SSSR count). The van der Waals surface area contributed by atoms with E-state index in [-0.39, 0.29) is 5.56 Å². The van der Waals surface area contributed by atoms with E-state index >= 15 is 0 Å². The first-order chi connectivity index (χ1) is 16.2. The molecule has 5 aromatic rings. The van der Waals surface area contributed by atoms with E-state index in [2.05, 4.69) is 45.9 Å². The molecule has 1 heterocycles. The van der Waals surface area contributed by atoms with Crippen molar-refractivity contribution in [3.63, 3.8) is 0 Å². The van der Waals surface area contributed by atoms with Crippen LogP contribution in [0.5, 0.6) is 0 Å². The van der Waals surface area contributed by atoms with Crippen LogP contribution in [0, 0.1) is 5.82 Å². The van der Waals surface area contributed by atoms with Crippen LogP contribution in [0.15, 0.2) is 122 Å². The number of benzene rings is 4. The molecule has 0 aliphatic heterocycles. The maximum Gasteiger partial charge on any atom is 0.150 e. The number of halogens is 1. The van der Waals surface area contributed by atoms with E-state index < -0.39 is 11.4 Å². The van der Waals surface area contributed by atoms with Crippen LogP contribution in [-0.2, 0) is 5.54 Å². The quantitative estimate of drug-likeness (QED) is 0.232. The summed E-state index contributed by atoms with van der Waals surface area (Å²) < 4.78 is 15.8. The van der Waals surface area contributed by atoms with Crippen LogP contribution in [0.25, 0.3) is 11.3 Å². The Labute approximate surface area is 191 Å². The Kier molecular flexibility index (Phi) is 5.41. The molecule has 0 fully saturated rings. The van der Waals surface area contributed by atoms with Gasteiger partial charge in [0.05, 0.1) is 12.0 Å². The van der Waals surface area contributed by atoms with Gasteiger partial charge in [-0.1, -0.05) is 91.0 Å². The minimum absolute atomic E-state index is 0.269. The van der Waals surface area contributed by atoms with E-state index in [1.807, 2.05) is 60.8 Å². The minimum atomic E-state index is -0.698. The van der Waals surface area contributed by atoms with Crippen LogP contribution in [0.3, 0.4) is 0 Å². The topological polar surface area (TPSA) is 34.9 Å². The average molecular weight is 432 g/mol. The van der Waals surface area contributed by atoms with E-state index in [1.54, 1.807) is 12.4 Å². The van der Waals surface area contributed by atoms with Gasteiger partial charge < -0.3 is 4.57 Å². The molecule has 33 heavy (non-hydrogen) atoms. The van der Waals surface area contributed by atoms with Crippen LogP contribution in [0.4, 0.5) is 4.39 Å². The van der Waals surface area contributed by atoms with Gasteiger partial charge in [0.2, 0.25) is 0 Å².